The highest BCUT2D eigenvalue weighted by Crippen LogP contribution is 2.34. The third-order valence-electron chi connectivity index (χ3n) is 6.98. The number of rotatable bonds is 3. The first-order valence-corrected chi connectivity index (χ1v) is 10.7. The average Bonchev–Trinajstić information content (AvgIpc) is 2.85. The Hall–Kier alpha value is -2.25. The third-order valence-corrected chi connectivity index (χ3v) is 6.98. The van der Waals surface area contributed by atoms with Gasteiger partial charge in [-0.2, -0.15) is 0 Å². The molecular formula is C22H28N4O3. The summed E-state index contributed by atoms with van der Waals surface area (Å²) in [5.41, 5.74) is 3.36. The van der Waals surface area contributed by atoms with E-state index < -0.39 is 6.04 Å². The fourth-order valence-corrected chi connectivity index (χ4v) is 5.35. The van der Waals surface area contributed by atoms with Gasteiger partial charge in [-0.1, -0.05) is 18.6 Å². The minimum atomic E-state index is -0.548. The Morgan fingerprint density at radius 3 is 2.76 bits per heavy atom. The van der Waals surface area contributed by atoms with Crippen LogP contribution in [0.2, 0.25) is 0 Å². The molecule has 0 radical (unpaired) electrons. The van der Waals surface area contributed by atoms with E-state index in [0.29, 0.717) is 23.9 Å². The zero-order chi connectivity index (χ0) is 20.0. The van der Waals surface area contributed by atoms with Crippen molar-refractivity contribution < 1.29 is 14.4 Å². The lowest BCUT2D eigenvalue weighted by molar-refractivity contribution is -0.136. The second-order valence-corrected chi connectivity index (χ2v) is 9.16. The molecule has 7 heteroatoms. The number of imide groups is 1. The Kier molecular flexibility index (Phi) is 4.67. The number of carbonyl (C=O) groups excluding carboxylic acids is 3. The maximum atomic E-state index is 12.8. The summed E-state index contributed by atoms with van der Waals surface area (Å²) in [5, 5.41) is 5.80. The molecule has 0 bridgehead atoms. The summed E-state index contributed by atoms with van der Waals surface area (Å²) in [7, 11) is 0. The molecule has 4 aliphatic rings. The van der Waals surface area contributed by atoms with Crippen LogP contribution >= 0.6 is 0 Å². The molecule has 154 valence electrons. The second kappa shape index (κ2) is 7.22. The first kappa shape index (κ1) is 18.8. The van der Waals surface area contributed by atoms with Crippen LogP contribution in [-0.4, -0.2) is 59.7 Å². The second-order valence-electron chi connectivity index (χ2n) is 9.16. The largest absolute Gasteiger partial charge is 0.322 e. The molecule has 0 aromatic heterocycles. The molecule has 3 amide bonds. The minimum absolute atomic E-state index is 0.102. The maximum absolute atomic E-state index is 12.8. The number of piperidine rings is 1. The van der Waals surface area contributed by atoms with Crippen molar-refractivity contribution in [1.82, 2.24) is 20.4 Å². The van der Waals surface area contributed by atoms with Gasteiger partial charge in [0.15, 0.2) is 0 Å². The molecule has 0 saturated carbocycles. The van der Waals surface area contributed by atoms with Crippen molar-refractivity contribution in [3.8, 4) is 0 Å². The van der Waals surface area contributed by atoms with Gasteiger partial charge in [0, 0.05) is 50.1 Å². The number of hydrogen-bond acceptors (Lipinski definition) is 5. The van der Waals surface area contributed by atoms with Gasteiger partial charge in [0.25, 0.3) is 5.91 Å². The predicted octanol–water partition coefficient (Wildman–Crippen LogP) is 1.02. The van der Waals surface area contributed by atoms with Crippen LogP contribution in [0, 0.1) is 5.41 Å². The molecule has 5 rings (SSSR count). The van der Waals surface area contributed by atoms with Gasteiger partial charge in [0.05, 0.1) is 0 Å². The van der Waals surface area contributed by atoms with E-state index in [1.807, 2.05) is 6.07 Å². The molecule has 0 aliphatic carbocycles. The van der Waals surface area contributed by atoms with Gasteiger partial charge in [-0.3, -0.25) is 24.6 Å². The van der Waals surface area contributed by atoms with E-state index in [1.54, 1.807) is 4.90 Å². The predicted molar refractivity (Wildman–Crippen MR) is 107 cm³/mol. The van der Waals surface area contributed by atoms with Crippen molar-refractivity contribution in [3.63, 3.8) is 0 Å². The number of nitrogens with one attached hydrogen (secondary N) is 2. The van der Waals surface area contributed by atoms with Gasteiger partial charge in [-0.25, -0.2) is 0 Å². The van der Waals surface area contributed by atoms with Crippen LogP contribution in [0.1, 0.15) is 53.6 Å². The summed E-state index contributed by atoms with van der Waals surface area (Å²) in [5.74, 6) is -0.712. The number of nitrogens with zero attached hydrogens (tertiary/aromatic N) is 2. The normalized spacial score (nSPS) is 26.8. The Morgan fingerprint density at radius 2 is 2.00 bits per heavy atom. The molecule has 3 saturated heterocycles. The Bertz CT molecular complexity index is 864. The number of likely N-dealkylation sites (tertiary alicyclic amines) is 1. The van der Waals surface area contributed by atoms with Crippen molar-refractivity contribution in [3.05, 3.63) is 34.9 Å². The average molecular weight is 396 g/mol. The Morgan fingerprint density at radius 1 is 1.14 bits per heavy atom. The Labute approximate surface area is 170 Å². The van der Waals surface area contributed by atoms with Crippen molar-refractivity contribution >= 4 is 17.7 Å². The standard InChI is InChI=1S/C22H28N4O3/c27-19-6-5-18(20(28)24-19)26-11-16-9-15(3-4-17(16)21(26)29)10-25-8-2-1-7-22(14-25)12-23-13-22/h3-4,9,18,23H,1-2,5-8,10-14H2,(H,24,27,28). The van der Waals surface area contributed by atoms with Crippen LogP contribution in [0.5, 0.6) is 0 Å². The molecule has 4 aliphatic heterocycles. The van der Waals surface area contributed by atoms with E-state index in [9.17, 15) is 14.4 Å². The zero-order valence-corrected chi connectivity index (χ0v) is 16.7. The molecule has 1 spiro atoms. The lowest BCUT2D eigenvalue weighted by Gasteiger charge is -2.44. The number of benzene rings is 1. The summed E-state index contributed by atoms with van der Waals surface area (Å²) < 4.78 is 0. The van der Waals surface area contributed by atoms with E-state index >= 15 is 0 Å². The molecular weight excluding hydrogens is 368 g/mol. The number of amides is 3. The SMILES string of the molecule is O=C1CCC(N2Cc3cc(CN4CCCCC5(CNC5)C4)ccc3C2=O)C(=O)N1. The highest BCUT2D eigenvalue weighted by atomic mass is 16.2. The molecule has 1 aromatic rings. The van der Waals surface area contributed by atoms with Gasteiger partial charge in [-0.05, 0) is 43.0 Å². The number of hydrogen-bond donors (Lipinski definition) is 2. The van der Waals surface area contributed by atoms with Crippen molar-refractivity contribution in [2.24, 2.45) is 5.41 Å². The lowest BCUT2D eigenvalue weighted by Crippen LogP contribution is -2.57. The molecule has 1 aromatic carbocycles. The van der Waals surface area contributed by atoms with E-state index in [-0.39, 0.29) is 24.1 Å². The van der Waals surface area contributed by atoms with E-state index in [2.05, 4.69) is 27.7 Å². The third kappa shape index (κ3) is 3.46. The van der Waals surface area contributed by atoms with Gasteiger partial charge < -0.3 is 10.2 Å². The Balaban J connectivity index is 1.29. The highest BCUT2D eigenvalue weighted by molar-refractivity contribution is 6.05. The quantitative estimate of drug-likeness (QED) is 0.746. The van der Waals surface area contributed by atoms with Crippen molar-refractivity contribution in [1.29, 1.82) is 0 Å². The van der Waals surface area contributed by atoms with Crippen LogP contribution in [0.15, 0.2) is 18.2 Å². The zero-order valence-electron chi connectivity index (χ0n) is 16.7. The topological polar surface area (TPSA) is 81.8 Å². The summed E-state index contributed by atoms with van der Waals surface area (Å²) >= 11 is 0. The highest BCUT2D eigenvalue weighted by Gasteiger charge is 2.40. The van der Waals surface area contributed by atoms with Crippen LogP contribution < -0.4 is 10.6 Å². The van der Waals surface area contributed by atoms with E-state index in [0.717, 1.165) is 38.3 Å². The van der Waals surface area contributed by atoms with Crippen molar-refractivity contribution in [2.75, 3.05) is 26.2 Å². The molecule has 7 nitrogen and oxygen atoms in total. The molecule has 1 atom stereocenters. The van der Waals surface area contributed by atoms with Gasteiger partial charge in [0.2, 0.25) is 11.8 Å². The summed E-state index contributed by atoms with van der Waals surface area (Å²) in [6.45, 7) is 5.87. The number of fused-ring (bicyclic) bond motifs is 1. The van der Waals surface area contributed by atoms with Gasteiger partial charge >= 0.3 is 0 Å². The first-order valence-electron chi connectivity index (χ1n) is 10.7. The minimum Gasteiger partial charge on any atom is -0.322 e. The molecule has 4 heterocycles. The van der Waals surface area contributed by atoms with Crippen LogP contribution in [-0.2, 0) is 22.7 Å². The summed E-state index contributed by atoms with van der Waals surface area (Å²) in [6, 6.07) is 5.56. The van der Waals surface area contributed by atoms with E-state index in [4.69, 9.17) is 0 Å². The van der Waals surface area contributed by atoms with Crippen molar-refractivity contribution in [2.45, 2.75) is 51.2 Å². The first-order chi connectivity index (χ1) is 14.0. The lowest BCUT2D eigenvalue weighted by atomic mass is 9.77. The molecule has 1 unspecified atom stereocenters. The molecule has 29 heavy (non-hydrogen) atoms. The molecule has 2 N–H and O–H groups in total. The van der Waals surface area contributed by atoms with Crippen LogP contribution in [0.25, 0.3) is 0 Å². The monoisotopic (exact) mass is 396 g/mol. The fraction of sp³-hybridized carbons (Fsp3) is 0.591. The number of carbonyl (C=O) groups is 3. The fourth-order valence-electron chi connectivity index (χ4n) is 5.35. The maximum Gasteiger partial charge on any atom is 0.255 e. The van der Waals surface area contributed by atoms with E-state index in [1.165, 1.54) is 24.8 Å². The summed E-state index contributed by atoms with van der Waals surface area (Å²) in [4.78, 5) is 40.7. The smallest absolute Gasteiger partial charge is 0.255 e. The van der Waals surface area contributed by atoms with Crippen LogP contribution in [0.4, 0.5) is 0 Å². The summed E-state index contributed by atoms with van der Waals surface area (Å²) in [6.07, 6.45) is 4.55. The van der Waals surface area contributed by atoms with Gasteiger partial charge in [0.1, 0.15) is 6.04 Å². The molecule has 3 fully saturated rings. The van der Waals surface area contributed by atoms with Crippen LogP contribution in [0.3, 0.4) is 0 Å². The van der Waals surface area contributed by atoms with Gasteiger partial charge in [-0.15, -0.1) is 0 Å².